The molecule has 5 rings (SSSR count). The maximum absolute atomic E-state index is 16.3. The van der Waals surface area contributed by atoms with Gasteiger partial charge >= 0.3 is 5.97 Å². The molecule has 198 valence electrons. The summed E-state index contributed by atoms with van der Waals surface area (Å²) in [4.78, 5) is 32.1. The van der Waals surface area contributed by atoms with E-state index in [9.17, 15) is 9.59 Å². The van der Waals surface area contributed by atoms with Crippen LogP contribution < -0.4 is 10.3 Å². The number of ether oxygens (including phenoxy) is 2. The number of fused-ring (bicyclic) bond motifs is 1. The molecule has 4 aromatic rings. The van der Waals surface area contributed by atoms with Crippen LogP contribution in [0.15, 0.2) is 46.7 Å². The molecule has 0 radical (unpaired) electrons. The molecule has 7 nitrogen and oxygen atoms in total. The lowest BCUT2D eigenvalue weighted by Crippen LogP contribution is -2.46. The summed E-state index contributed by atoms with van der Waals surface area (Å²) < 4.78 is 43.9. The lowest BCUT2D eigenvalue weighted by atomic mass is 10.1. The Labute approximate surface area is 226 Å². The Hall–Kier alpha value is -3.34. The van der Waals surface area contributed by atoms with E-state index >= 15 is 8.78 Å². The molecule has 0 spiro atoms. The molecule has 1 fully saturated rings. The number of carbonyl (C=O) groups excluding carboxylic acids is 1. The average molecular weight is 560 g/mol. The number of pyridine rings is 1. The van der Waals surface area contributed by atoms with Gasteiger partial charge in [-0.25, -0.2) is 18.6 Å². The molecule has 0 unspecified atom stereocenters. The van der Waals surface area contributed by atoms with Crippen LogP contribution in [0, 0.1) is 11.6 Å². The summed E-state index contributed by atoms with van der Waals surface area (Å²) in [6.45, 7) is 5.83. The van der Waals surface area contributed by atoms with E-state index in [1.54, 1.807) is 41.5 Å². The van der Waals surface area contributed by atoms with Gasteiger partial charge in [-0.1, -0.05) is 23.7 Å². The predicted molar refractivity (Wildman–Crippen MR) is 144 cm³/mol. The standard InChI is InChI=1S/C27H24ClF2N3O4S/c1-4-36-26(35)19-12-33(27-31-21(13-38-27)16-5-7-17(28)8-6-16)23-18(25(19)34)9-20(29)24(22(23)30)32-10-14(2)37-15(3)11-32/h5-9,12-15H,4,10-11H2,1-3H3/t14-,15-/m0/s1. The van der Waals surface area contributed by atoms with Crippen molar-refractivity contribution >= 4 is 45.5 Å². The number of hydrogen-bond acceptors (Lipinski definition) is 7. The number of rotatable bonds is 5. The van der Waals surface area contributed by atoms with Crippen molar-refractivity contribution in [3.8, 4) is 16.4 Å². The molecule has 0 aliphatic carbocycles. The molecule has 11 heteroatoms. The topological polar surface area (TPSA) is 73.7 Å². The molecule has 0 N–H and O–H groups in total. The largest absolute Gasteiger partial charge is 0.462 e. The van der Waals surface area contributed by atoms with E-state index in [1.165, 1.54) is 22.1 Å². The van der Waals surface area contributed by atoms with Crippen LogP contribution in [-0.4, -0.2) is 47.4 Å². The minimum absolute atomic E-state index is 0.0311. The number of halogens is 3. The summed E-state index contributed by atoms with van der Waals surface area (Å²) in [5, 5.41) is 2.33. The quantitative estimate of drug-likeness (QED) is 0.286. The second-order valence-corrected chi connectivity index (χ2v) is 10.3. The highest BCUT2D eigenvalue weighted by Crippen LogP contribution is 2.34. The minimum Gasteiger partial charge on any atom is -0.462 e. The van der Waals surface area contributed by atoms with E-state index < -0.39 is 23.0 Å². The van der Waals surface area contributed by atoms with Gasteiger partial charge in [-0.3, -0.25) is 9.36 Å². The number of nitrogens with zero attached hydrogens (tertiary/aromatic N) is 3. The van der Waals surface area contributed by atoms with Crippen molar-refractivity contribution in [2.45, 2.75) is 33.0 Å². The van der Waals surface area contributed by atoms with Crippen molar-refractivity contribution in [3.63, 3.8) is 0 Å². The number of carbonyl (C=O) groups is 1. The van der Waals surface area contributed by atoms with Crippen LogP contribution in [0.5, 0.6) is 0 Å². The Balaban J connectivity index is 1.75. The second-order valence-electron chi connectivity index (χ2n) is 9.06. The molecule has 0 amide bonds. The van der Waals surface area contributed by atoms with Crippen LogP contribution in [0.4, 0.5) is 14.5 Å². The van der Waals surface area contributed by atoms with E-state index in [0.717, 1.165) is 11.6 Å². The molecule has 0 saturated carbocycles. The van der Waals surface area contributed by atoms with Gasteiger partial charge in [0, 0.05) is 35.3 Å². The van der Waals surface area contributed by atoms with Gasteiger partial charge < -0.3 is 14.4 Å². The summed E-state index contributed by atoms with van der Waals surface area (Å²) in [6.07, 6.45) is 0.715. The summed E-state index contributed by atoms with van der Waals surface area (Å²) in [5.41, 5.74) is -0.240. The van der Waals surface area contributed by atoms with Gasteiger partial charge in [0.15, 0.2) is 10.9 Å². The Morgan fingerprint density at radius 2 is 1.89 bits per heavy atom. The number of esters is 1. The van der Waals surface area contributed by atoms with Gasteiger partial charge in [0.2, 0.25) is 5.43 Å². The first-order valence-electron chi connectivity index (χ1n) is 12.0. The third-order valence-electron chi connectivity index (χ3n) is 6.23. The van der Waals surface area contributed by atoms with Crippen LogP contribution in [0.3, 0.4) is 0 Å². The normalized spacial score (nSPS) is 17.7. The van der Waals surface area contributed by atoms with Gasteiger partial charge in [0.05, 0.1) is 35.4 Å². The Morgan fingerprint density at radius 3 is 2.55 bits per heavy atom. The molecule has 2 atom stereocenters. The highest BCUT2D eigenvalue weighted by molar-refractivity contribution is 7.12. The first kappa shape index (κ1) is 26.3. The number of benzene rings is 2. The maximum Gasteiger partial charge on any atom is 0.343 e. The van der Waals surface area contributed by atoms with Crippen LogP contribution in [0.1, 0.15) is 31.1 Å². The lowest BCUT2D eigenvalue weighted by Gasteiger charge is -2.37. The maximum atomic E-state index is 16.3. The van der Waals surface area contributed by atoms with E-state index in [4.69, 9.17) is 21.1 Å². The van der Waals surface area contributed by atoms with Crippen molar-refractivity contribution in [1.82, 2.24) is 9.55 Å². The fraction of sp³-hybridized carbons (Fsp3) is 0.296. The highest BCUT2D eigenvalue weighted by atomic mass is 35.5. The zero-order valence-electron chi connectivity index (χ0n) is 20.8. The van der Waals surface area contributed by atoms with E-state index in [1.807, 2.05) is 13.8 Å². The van der Waals surface area contributed by atoms with Gasteiger partial charge in [-0.05, 0) is 39.0 Å². The summed E-state index contributed by atoms with van der Waals surface area (Å²) >= 11 is 7.18. The number of hydrogen-bond donors (Lipinski definition) is 0. The molecule has 1 aliphatic rings. The third kappa shape index (κ3) is 4.79. The molecule has 2 aromatic carbocycles. The molecular weight excluding hydrogens is 536 g/mol. The number of morpholine rings is 1. The molecule has 38 heavy (non-hydrogen) atoms. The Bertz CT molecular complexity index is 1580. The van der Waals surface area contributed by atoms with Crippen LogP contribution in [0.2, 0.25) is 5.02 Å². The van der Waals surface area contributed by atoms with E-state index in [2.05, 4.69) is 4.98 Å². The molecule has 3 heterocycles. The predicted octanol–water partition coefficient (Wildman–Crippen LogP) is 5.84. The van der Waals surface area contributed by atoms with Crippen molar-refractivity contribution in [2.24, 2.45) is 0 Å². The van der Waals surface area contributed by atoms with Gasteiger partial charge in [-0.2, -0.15) is 0 Å². The molecule has 1 aliphatic heterocycles. The van der Waals surface area contributed by atoms with Crippen molar-refractivity contribution in [2.75, 3.05) is 24.6 Å². The van der Waals surface area contributed by atoms with Gasteiger partial charge in [0.25, 0.3) is 0 Å². The molecule has 1 saturated heterocycles. The Morgan fingerprint density at radius 1 is 1.21 bits per heavy atom. The fourth-order valence-electron chi connectivity index (χ4n) is 4.69. The third-order valence-corrected chi connectivity index (χ3v) is 7.32. The zero-order chi connectivity index (χ0) is 27.1. The van der Waals surface area contributed by atoms with Gasteiger partial charge in [0.1, 0.15) is 17.1 Å². The zero-order valence-corrected chi connectivity index (χ0v) is 22.4. The number of anilines is 1. The van der Waals surface area contributed by atoms with Crippen molar-refractivity contribution < 1.29 is 23.0 Å². The van der Waals surface area contributed by atoms with E-state index in [0.29, 0.717) is 10.7 Å². The first-order valence-corrected chi connectivity index (χ1v) is 13.3. The lowest BCUT2D eigenvalue weighted by molar-refractivity contribution is -0.00557. The first-order chi connectivity index (χ1) is 18.2. The second kappa shape index (κ2) is 10.4. The fourth-order valence-corrected chi connectivity index (χ4v) is 5.63. The molecule has 2 aromatic heterocycles. The van der Waals surface area contributed by atoms with Crippen LogP contribution >= 0.6 is 22.9 Å². The summed E-state index contributed by atoms with van der Waals surface area (Å²) in [5.74, 6) is -2.71. The van der Waals surface area contributed by atoms with Crippen molar-refractivity contribution in [1.29, 1.82) is 0 Å². The smallest absolute Gasteiger partial charge is 0.343 e. The number of aromatic nitrogens is 2. The van der Waals surface area contributed by atoms with E-state index in [-0.39, 0.29) is 59.2 Å². The number of thiazole rings is 1. The molecular formula is C27H24ClF2N3O4S. The summed E-state index contributed by atoms with van der Waals surface area (Å²) in [6, 6.07) is 8.02. The Kier molecular flexibility index (Phi) is 7.21. The highest BCUT2D eigenvalue weighted by Gasteiger charge is 2.30. The average Bonchev–Trinajstić information content (AvgIpc) is 3.35. The van der Waals surface area contributed by atoms with Gasteiger partial charge in [-0.15, -0.1) is 11.3 Å². The summed E-state index contributed by atoms with van der Waals surface area (Å²) in [7, 11) is 0. The molecule has 0 bridgehead atoms. The van der Waals surface area contributed by atoms with Crippen molar-refractivity contribution in [3.05, 3.63) is 74.4 Å². The monoisotopic (exact) mass is 559 g/mol. The van der Waals surface area contributed by atoms with Crippen LogP contribution in [0.25, 0.3) is 27.3 Å². The minimum atomic E-state index is -0.919. The van der Waals surface area contributed by atoms with Crippen LogP contribution in [-0.2, 0) is 9.47 Å². The SMILES string of the molecule is CCOC(=O)c1cn(-c2nc(-c3ccc(Cl)cc3)cs2)c2c(F)c(N3C[C@H](C)O[C@@H](C)C3)c(F)cc2c1=O.